The third kappa shape index (κ3) is 2.26. The van der Waals surface area contributed by atoms with E-state index in [1.54, 1.807) is 0 Å². The summed E-state index contributed by atoms with van der Waals surface area (Å²) in [6, 6.07) is 7.86. The first kappa shape index (κ1) is 17.1. The number of halogens is 4. The van der Waals surface area contributed by atoms with Crippen LogP contribution in [0.3, 0.4) is 0 Å². The van der Waals surface area contributed by atoms with E-state index < -0.39 is 28.5 Å². The third-order valence-corrected chi connectivity index (χ3v) is 4.52. The van der Waals surface area contributed by atoms with Gasteiger partial charge in [0.05, 0.1) is 18.3 Å². The van der Waals surface area contributed by atoms with Crippen LogP contribution in [0.15, 0.2) is 41.2 Å². The van der Waals surface area contributed by atoms with Crippen LogP contribution in [0.25, 0.3) is 27.5 Å². The molecule has 27 heavy (non-hydrogen) atoms. The Morgan fingerprint density at radius 3 is 2.44 bits per heavy atom. The highest BCUT2D eigenvalue weighted by Crippen LogP contribution is 2.35. The van der Waals surface area contributed by atoms with E-state index in [0.717, 1.165) is 16.7 Å². The van der Waals surface area contributed by atoms with Crippen molar-refractivity contribution in [2.24, 2.45) is 0 Å². The summed E-state index contributed by atoms with van der Waals surface area (Å²) < 4.78 is 63.4. The van der Waals surface area contributed by atoms with Crippen molar-refractivity contribution >= 4 is 21.8 Å². The maximum absolute atomic E-state index is 14.8. The lowest BCUT2D eigenvalue weighted by molar-refractivity contribution is 0.360. The van der Waals surface area contributed by atoms with E-state index in [-0.39, 0.29) is 32.6 Å². The Bertz CT molecular complexity index is 1290. The van der Waals surface area contributed by atoms with Crippen LogP contribution in [0, 0.1) is 24.5 Å². The van der Waals surface area contributed by atoms with Gasteiger partial charge in [-0.05, 0) is 36.8 Å². The predicted octanol–water partition coefficient (Wildman–Crippen LogP) is 4.41. The van der Waals surface area contributed by atoms with Crippen LogP contribution >= 0.6 is 0 Å². The summed E-state index contributed by atoms with van der Waals surface area (Å²) in [5.41, 5.74) is -1.32. The minimum absolute atomic E-state index is 0.0263. The smallest absolute Gasteiger partial charge is 0.291 e. The maximum Gasteiger partial charge on any atom is 0.291 e. The molecule has 4 rings (SSSR count). The lowest BCUT2D eigenvalue weighted by Crippen LogP contribution is -2.16. The molecule has 0 saturated carbocycles. The number of para-hydroxylation sites is 1. The zero-order chi connectivity index (χ0) is 19.5. The van der Waals surface area contributed by atoms with Crippen LogP contribution in [-0.4, -0.2) is 16.5 Å². The Balaban J connectivity index is 2.31. The monoisotopic (exact) mass is 376 g/mol. The van der Waals surface area contributed by atoms with Crippen molar-refractivity contribution in [3.63, 3.8) is 0 Å². The van der Waals surface area contributed by atoms with Gasteiger partial charge >= 0.3 is 0 Å². The molecule has 0 saturated heterocycles. The van der Waals surface area contributed by atoms with Crippen LogP contribution in [0.2, 0.25) is 0 Å². The molecule has 2 aromatic heterocycles. The van der Waals surface area contributed by atoms with Crippen molar-refractivity contribution in [1.29, 1.82) is 0 Å². The molecule has 138 valence electrons. The van der Waals surface area contributed by atoms with E-state index in [1.807, 2.05) is 0 Å². The van der Waals surface area contributed by atoms with E-state index in [2.05, 4.69) is 0 Å². The first-order valence-electron chi connectivity index (χ1n) is 7.90. The van der Waals surface area contributed by atoms with Gasteiger partial charge in [0.15, 0.2) is 5.82 Å². The van der Waals surface area contributed by atoms with Gasteiger partial charge in [-0.1, -0.05) is 16.6 Å². The Morgan fingerprint density at radius 2 is 1.78 bits per heavy atom. The summed E-state index contributed by atoms with van der Waals surface area (Å²) in [6.45, 7) is 1.51. The van der Waals surface area contributed by atoms with Crippen LogP contribution < -0.4 is 10.3 Å². The fraction of sp³-hybridized carbons (Fsp3) is 0.105. The van der Waals surface area contributed by atoms with E-state index in [0.29, 0.717) is 5.56 Å². The number of nitrogens with zero attached hydrogens (tertiary/aromatic N) is 2. The Hall–Kier alpha value is -3.29. The molecule has 8 heteroatoms. The SMILES string of the molecule is COc1cccc2c3c(c(F)c(F)n3-c3ccc(F)cc3C)c(=O)n(F)c12. The van der Waals surface area contributed by atoms with Gasteiger partial charge in [0.2, 0.25) is 5.95 Å². The molecule has 0 bridgehead atoms. The number of hydrogen-bond acceptors (Lipinski definition) is 2. The number of pyridine rings is 1. The van der Waals surface area contributed by atoms with Crippen molar-refractivity contribution in [1.82, 2.24) is 9.36 Å². The average Bonchev–Trinajstić information content (AvgIpc) is 2.91. The molecule has 0 atom stereocenters. The average molecular weight is 376 g/mol. The molecular weight excluding hydrogens is 364 g/mol. The van der Waals surface area contributed by atoms with E-state index in [1.165, 1.54) is 38.3 Å². The Kier molecular flexibility index (Phi) is 3.73. The molecule has 2 heterocycles. The van der Waals surface area contributed by atoms with E-state index in [4.69, 9.17) is 4.74 Å². The second kappa shape index (κ2) is 5.87. The summed E-state index contributed by atoms with van der Waals surface area (Å²) in [5, 5.41) is -0.669. The number of aryl methyl sites for hydroxylation is 1. The van der Waals surface area contributed by atoms with Gasteiger partial charge in [0.1, 0.15) is 22.5 Å². The maximum atomic E-state index is 14.8. The highest BCUT2D eigenvalue weighted by Gasteiger charge is 2.27. The second-order valence-corrected chi connectivity index (χ2v) is 6.04. The minimum atomic E-state index is -1.48. The number of methoxy groups -OCH3 is 1. The molecular formula is C19H12F4N2O2. The molecule has 2 aromatic carbocycles. The lowest BCUT2D eigenvalue weighted by Gasteiger charge is -2.13. The number of aromatic nitrogens is 2. The van der Waals surface area contributed by atoms with Crippen LogP contribution in [-0.2, 0) is 0 Å². The van der Waals surface area contributed by atoms with Crippen molar-refractivity contribution in [2.75, 3.05) is 7.11 Å². The molecule has 0 N–H and O–H groups in total. The summed E-state index contributed by atoms with van der Waals surface area (Å²) >= 11 is 0. The summed E-state index contributed by atoms with van der Waals surface area (Å²) in [7, 11) is 1.29. The van der Waals surface area contributed by atoms with Gasteiger partial charge in [-0.2, -0.15) is 4.39 Å². The van der Waals surface area contributed by atoms with Crippen molar-refractivity contribution in [2.45, 2.75) is 6.92 Å². The summed E-state index contributed by atoms with van der Waals surface area (Å²) in [6.07, 6.45) is 0. The number of ether oxygens (including phenoxy) is 1. The van der Waals surface area contributed by atoms with Crippen molar-refractivity contribution in [3.05, 3.63) is 69.9 Å². The number of fused-ring (bicyclic) bond motifs is 3. The number of hydrogen-bond donors (Lipinski definition) is 0. The summed E-state index contributed by atoms with van der Waals surface area (Å²) in [4.78, 5) is 12.2. The van der Waals surface area contributed by atoms with Crippen molar-refractivity contribution in [3.8, 4) is 11.4 Å². The zero-order valence-corrected chi connectivity index (χ0v) is 14.2. The molecule has 0 aliphatic heterocycles. The molecule has 4 aromatic rings. The first-order valence-corrected chi connectivity index (χ1v) is 7.90. The van der Waals surface area contributed by atoms with Crippen LogP contribution in [0.5, 0.6) is 5.75 Å². The van der Waals surface area contributed by atoms with Gasteiger partial charge in [-0.25, -0.2) is 8.78 Å². The van der Waals surface area contributed by atoms with E-state index in [9.17, 15) is 22.4 Å². The van der Waals surface area contributed by atoms with E-state index >= 15 is 0 Å². The molecule has 0 amide bonds. The third-order valence-electron chi connectivity index (χ3n) is 4.52. The highest BCUT2D eigenvalue weighted by atomic mass is 19.2. The molecule has 4 nitrogen and oxygen atoms in total. The quantitative estimate of drug-likeness (QED) is 0.486. The largest absolute Gasteiger partial charge is 0.494 e. The number of rotatable bonds is 2. The van der Waals surface area contributed by atoms with Gasteiger partial charge in [-0.3, -0.25) is 9.36 Å². The van der Waals surface area contributed by atoms with Crippen molar-refractivity contribution < 1.29 is 22.4 Å². The molecule has 0 radical (unpaired) electrons. The molecule has 0 fully saturated rings. The van der Waals surface area contributed by atoms with Gasteiger partial charge in [0.25, 0.3) is 5.56 Å². The molecule has 0 aliphatic rings. The standard InChI is InChI=1S/C19H12F4N2O2/c1-9-8-10(20)6-7-12(9)24-17-11-4-3-5-13(27-2)16(11)25(23)19(26)14(17)15(21)18(24)22/h3-8H,1-2H3. The topological polar surface area (TPSA) is 36.2 Å². The fourth-order valence-corrected chi connectivity index (χ4v) is 3.34. The lowest BCUT2D eigenvalue weighted by atomic mass is 10.1. The minimum Gasteiger partial charge on any atom is -0.494 e. The van der Waals surface area contributed by atoms with Gasteiger partial charge in [-0.15, -0.1) is 4.79 Å². The first-order chi connectivity index (χ1) is 12.9. The van der Waals surface area contributed by atoms with Gasteiger partial charge in [0, 0.05) is 5.39 Å². The molecule has 0 aliphatic carbocycles. The van der Waals surface area contributed by atoms with Crippen LogP contribution in [0.1, 0.15) is 5.56 Å². The predicted molar refractivity (Wildman–Crippen MR) is 92.7 cm³/mol. The fourth-order valence-electron chi connectivity index (χ4n) is 3.34. The Morgan fingerprint density at radius 1 is 1.04 bits per heavy atom. The summed E-state index contributed by atoms with van der Waals surface area (Å²) in [5.74, 6) is -3.37. The second-order valence-electron chi connectivity index (χ2n) is 6.04. The normalized spacial score (nSPS) is 11.5. The van der Waals surface area contributed by atoms with Crippen LogP contribution in [0.4, 0.5) is 17.7 Å². The molecule has 0 spiro atoms. The highest BCUT2D eigenvalue weighted by molar-refractivity contribution is 6.06. The van der Waals surface area contributed by atoms with Gasteiger partial charge < -0.3 is 4.74 Å². The molecule has 0 unspecified atom stereocenters. The zero-order valence-electron chi connectivity index (χ0n) is 14.2. The Labute approximate surface area is 149 Å². The number of benzene rings is 2.